The standard InChI is InChI=1S/C19H16O5/c1-22-18(20)14-8-6-13(7-9-14)11-24-19(21)16-10-15-4-2-3-5-17(15)23-12-16/h2-10H,11-12H2,1H3. The summed E-state index contributed by atoms with van der Waals surface area (Å²) in [7, 11) is 1.33. The van der Waals surface area contributed by atoms with Crippen molar-refractivity contribution in [2.45, 2.75) is 6.61 Å². The summed E-state index contributed by atoms with van der Waals surface area (Å²) in [4.78, 5) is 23.5. The summed E-state index contributed by atoms with van der Waals surface area (Å²) in [6.07, 6.45) is 1.78. The van der Waals surface area contributed by atoms with Crippen LogP contribution in [0.25, 0.3) is 6.08 Å². The molecule has 0 aliphatic carbocycles. The Labute approximate surface area is 139 Å². The number of rotatable bonds is 4. The predicted molar refractivity (Wildman–Crippen MR) is 87.5 cm³/mol. The van der Waals surface area contributed by atoms with Crippen LogP contribution in [0.2, 0.25) is 0 Å². The van der Waals surface area contributed by atoms with Crippen LogP contribution in [0.5, 0.6) is 5.75 Å². The fourth-order valence-electron chi connectivity index (χ4n) is 2.33. The van der Waals surface area contributed by atoms with Crippen LogP contribution in [-0.2, 0) is 20.9 Å². The minimum atomic E-state index is -0.415. The molecule has 0 spiro atoms. The fraction of sp³-hybridized carbons (Fsp3) is 0.158. The largest absolute Gasteiger partial charge is 0.488 e. The maximum Gasteiger partial charge on any atom is 0.337 e. The highest BCUT2D eigenvalue weighted by molar-refractivity contribution is 5.95. The summed E-state index contributed by atoms with van der Waals surface area (Å²) >= 11 is 0. The molecule has 0 amide bonds. The predicted octanol–water partition coefficient (Wildman–Crippen LogP) is 2.99. The van der Waals surface area contributed by atoms with Gasteiger partial charge in [0, 0.05) is 5.56 Å². The molecule has 24 heavy (non-hydrogen) atoms. The maximum absolute atomic E-state index is 12.2. The molecular weight excluding hydrogens is 308 g/mol. The highest BCUT2D eigenvalue weighted by Gasteiger charge is 2.18. The summed E-state index contributed by atoms with van der Waals surface area (Å²) in [6, 6.07) is 14.2. The van der Waals surface area contributed by atoms with Gasteiger partial charge in [0.25, 0.3) is 0 Å². The zero-order chi connectivity index (χ0) is 16.9. The Kier molecular flexibility index (Phi) is 4.61. The lowest BCUT2D eigenvalue weighted by Gasteiger charge is -2.17. The van der Waals surface area contributed by atoms with Gasteiger partial charge in [0.1, 0.15) is 19.0 Å². The van der Waals surface area contributed by atoms with Gasteiger partial charge in [-0.1, -0.05) is 30.3 Å². The second-order valence-corrected chi connectivity index (χ2v) is 5.26. The topological polar surface area (TPSA) is 61.8 Å². The molecule has 122 valence electrons. The number of hydrogen-bond donors (Lipinski definition) is 0. The number of benzene rings is 2. The van der Waals surface area contributed by atoms with Crippen LogP contribution in [0.3, 0.4) is 0 Å². The normalized spacial score (nSPS) is 12.5. The molecule has 1 aliphatic heterocycles. The number of ether oxygens (including phenoxy) is 3. The Hall–Kier alpha value is -3.08. The third kappa shape index (κ3) is 3.46. The van der Waals surface area contributed by atoms with Gasteiger partial charge in [-0.2, -0.15) is 0 Å². The summed E-state index contributed by atoms with van der Waals surface area (Å²) < 4.78 is 15.5. The van der Waals surface area contributed by atoms with Gasteiger partial charge in [0.2, 0.25) is 0 Å². The number of hydrogen-bond acceptors (Lipinski definition) is 5. The zero-order valence-corrected chi connectivity index (χ0v) is 13.2. The van der Waals surface area contributed by atoms with Crippen molar-refractivity contribution < 1.29 is 23.8 Å². The van der Waals surface area contributed by atoms with E-state index >= 15 is 0 Å². The van der Waals surface area contributed by atoms with Crippen LogP contribution in [0.15, 0.2) is 54.1 Å². The van der Waals surface area contributed by atoms with Crippen LogP contribution < -0.4 is 4.74 Å². The molecule has 0 fully saturated rings. The highest BCUT2D eigenvalue weighted by Crippen LogP contribution is 2.26. The van der Waals surface area contributed by atoms with E-state index in [-0.39, 0.29) is 13.2 Å². The molecule has 0 atom stereocenters. The Balaban J connectivity index is 1.62. The van der Waals surface area contributed by atoms with Crippen molar-refractivity contribution in [3.8, 4) is 5.75 Å². The number of fused-ring (bicyclic) bond motifs is 1. The van der Waals surface area contributed by atoms with Crippen molar-refractivity contribution in [3.63, 3.8) is 0 Å². The van der Waals surface area contributed by atoms with Gasteiger partial charge in [-0.05, 0) is 29.8 Å². The minimum Gasteiger partial charge on any atom is -0.488 e. The third-order valence-corrected chi connectivity index (χ3v) is 3.64. The van der Waals surface area contributed by atoms with E-state index in [2.05, 4.69) is 4.74 Å². The number of carbonyl (C=O) groups excluding carboxylic acids is 2. The first-order valence-corrected chi connectivity index (χ1v) is 7.44. The lowest BCUT2D eigenvalue weighted by atomic mass is 10.1. The van der Waals surface area contributed by atoms with Crippen molar-refractivity contribution in [3.05, 3.63) is 70.8 Å². The van der Waals surface area contributed by atoms with Crippen molar-refractivity contribution in [2.24, 2.45) is 0 Å². The summed E-state index contributed by atoms with van der Waals surface area (Å²) in [5.74, 6) is -0.0595. The molecule has 1 aliphatic rings. The molecule has 3 rings (SSSR count). The second kappa shape index (κ2) is 7.00. The lowest BCUT2D eigenvalue weighted by Crippen LogP contribution is -2.17. The Morgan fingerprint density at radius 1 is 1.04 bits per heavy atom. The Morgan fingerprint density at radius 3 is 2.54 bits per heavy atom. The highest BCUT2D eigenvalue weighted by atomic mass is 16.5. The van der Waals surface area contributed by atoms with Gasteiger partial charge in [0.15, 0.2) is 0 Å². The van der Waals surface area contributed by atoms with E-state index in [0.717, 1.165) is 16.9 Å². The molecule has 1 heterocycles. The van der Waals surface area contributed by atoms with E-state index in [1.54, 1.807) is 30.3 Å². The number of carbonyl (C=O) groups is 2. The van der Waals surface area contributed by atoms with Crippen LogP contribution in [-0.4, -0.2) is 25.7 Å². The van der Waals surface area contributed by atoms with Gasteiger partial charge >= 0.3 is 11.9 Å². The number of esters is 2. The monoisotopic (exact) mass is 324 g/mol. The van der Waals surface area contributed by atoms with E-state index in [0.29, 0.717) is 11.1 Å². The van der Waals surface area contributed by atoms with Crippen LogP contribution in [0, 0.1) is 0 Å². The third-order valence-electron chi connectivity index (χ3n) is 3.64. The van der Waals surface area contributed by atoms with Crippen molar-refractivity contribution >= 4 is 18.0 Å². The molecule has 0 saturated heterocycles. The van der Waals surface area contributed by atoms with Crippen molar-refractivity contribution in [1.82, 2.24) is 0 Å². The maximum atomic E-state index is 12.2. The molecule has 5 nitrogen and oxygen atoms in total. The molecule has 0 N–H and O–H groups in total. The first kappa shape index (κ1) is 15.8. The average Bonchev–Trinajstić information content (AvgIpc) is 2.65. The van der Waals surface area contributed by atoms with E-state index in [9.17, 15) is 9.59 Å². The minimum absolute atomic E-state index is 0.124. The smallest absolute Gasteiger partial charge is 0.337 e. The molecule has 2 aromatic carbocycles. The molecule has 0 saturated carbocycles. The summed E-state index contributed by atoms with van der Waals surface area (Å²) in [5, 5.41) is 0. The number of methoxy groups -OCH3 is 1. The van der Waals surface area contributed by atoms with Gasteiger partial charge in [-0.15, -0.1) is 0 Å². The van der Waals surface area contributed by atoms with E-state index < -0.39 is 11.9 Å². The SMILES string of the molecule is COC(=O)c1ccc(COC(=O)C2=Cc3ccccc3OC2)cc1. The van der Waals surface area contributed by atoms with Crippen molar-refractivity contribution in [2.75, 3.05) is 13.7 Å². The van der Waals surface area contributed by atoms with Crippen molar-refractivity contribution in [1.29, 1.82) is 0 Å². The van der Waals surface area contributed by atoms with Gasteiger partial charge in [-0.3, -0.25) is 0 Å². The van der Waals surface area contributed by atoms with Gasteiger partial charge in [-0.25, -0.2) is 9.59 Å². The molecule has 0 aromatic heterocycles. The molecular formula is C19H16O5. The Morgan fingerprint density at radius 2 is 1.79 bits per heavy atom. The summed E-state index contributed by atoms with van der Waals surface area (Å²) in [5.41, 5.74) is 2.57. The zero-order valence-electron chi connectivity index (χ0n) is 13.2. The van der Waals surface area contributed by atoms with Crippen LogP contribution >= 0.6 is 0 Å². The van der Waals surface area contributed by atoms with Gasteiger partial charge < -0.3 is 14.2 Å². The molecule has 0 radical (unpaired) electrons. The lowest BCUT2D eigenvalue weighted by molar-refractivity contribution is -0.140. The quantitative estimate of drug-likeness (QED) is 0.809. The summed E-state index contributed by atoms with van der Waals surface area (Å²) in [6.45, 7) is 0.316. The molecule has 0 unspecified atom stereocenters. The van der Waals surface area contributed by atoms with E-state index in [1.165, 1.54) is 7.11 Å². The average molecular weight is 324 g/mol. The first-order chi connectivity index (χ1) is 11.7. The van der Waals surface area contributed by atoms with Crippen LogP contribution in [0.4, 0.5) is 0 Å². The molecule has 0 bridgehead atoms. The van der Waals surface area contributed by atoms with Crippen LogP contribution in [0.1, 0.15) is 21.5 Å². The fourth-order valence-corrected chi connectivity index (χ4v) is 2.33. The van der Waals surface area contributed by atoms with E-state index in [1.807, 2.05) is 24.3 Å². The first-order valence-electron chi connectivity index (χ1n) is 7.44. The molecule has 5 heteroatoms. The second-order valence-electron chi connectivity index (χ2n) is 5.26. The Bertz CT molecular complexity index is 790. The molecule has 2 aromatic rings. The van der Waals surface area contributed by atoms with Gasteiger partial charge in [0.05, 0.1) is 18.2 Å². The number of para-hydroxylation sites is 1. The van der Waals surface area contributed by atoms with E-state index in [4.69, 9.17) is 9.47 Å².